The molecule has 33 heavy (non-hydrogen) atoms. The van der Waals surface area contributed by atoms with Gasteiger partial charge in [0, 0.05) is 17.0 Å². The first-order valence-electron chi connectivity index (χ1n) is 9.99. The average Bonchev–Trinajstić information content (AvgIpc) is 3.56. The lowest BCUT2D eigenvalue weighted by atomic mass is 10.2. The molecule has 0 N–H and O–H groups in total. The third kappa shape index (κ3) is 4.29. The maximum atomic E-state index is 12.8. The van der Waals surface area contributed by atoms with Gasteiger partial charge in [0.05, 0.1) is 26.9 Å². The number of aromatic nitrogens is 3. The van der Waals surface area contributed by atoms with Gasteiger partial charge >= 0.3 is 5.97 Å². The number of carbonyl (C=O) groups excluding carboxylic acids is 1. The molecule has 172 valence electrons. The van der Waals surface area contributed by atoms with E-state index in [9.17, 15) is 4.79 Å². The molecule has 1 aromatic carbocycles. The molecule has 4 rings (SSSR count). The Morgan fingerprint density at radius 1 is 1.00 bits per heavy atom. The van der Waals surface area contributed by atoms with Gasteiger partial charge in [-0.15, -0.1) is 21.5 Å². The van der Waals surface area contributed by atoms with E-state index >= 15 is 0 Å². The summed E-state index contributed by atoms with van der Waals surface area (Å²) >= 11 is 1.47. The maximum Gasteiger partial charge on any atom is 0.341 e. The lowest BCUT2D eigenvalue weighted by molar-refractivity contribution is 0.0439. The van der Waals surface area contributed by atoms with Crippen molar-refractivity contribution in [3.8, 4) is 33.7 Å². The number of benzene rings is 1. The van der Waals surface area contributed by atoms with Crippen molar-refractivity contribution in [3.63, 3.8) is 0 Å². The molecule has 0 aliphatic heterocycles. The summed E-state index contributed by atoms with van der Waals surface area (Å²) < 4.78 is 29.2. The zero-order valence-electron chi connectivity index (χ0n) is 18.9. The summed E-state index contributed by atoms with van der Waals surface area (Å²) in [5.41, 5.74) is 3.13. The Kier molecular flexibility index (Phi) is 6.36. The van der Waals surface area contributed by atoms with Gasteiger partial charge < -0.3 is 27.9 Å². The van der Waals surface area contributed by atoms with Crippen molar-refractivity contribution >= 4 is 17.3 Å². The molecule has 4 aromatic rings. The van der Waals surface area contributed by atoms with Crippen LogP contribution in [0.2, 0.25) is 0 Å². The second-order valence-corrected chi connectivity index (χ2v) is 7.98. The van der Waals surface area contributed by atoms with Gasteiger partial charge in [-0.3, -0.25) is 0 Å². The zero-order valence-corrected chi connectivity index (χ0v) is 19.7. The number of hydrogen-bond donors (Lipinski definition) is 0. The molecule has 0 aliphatic rings. The molecule has 0 spiro atoms. The van der Waals surface area contributed by atoms with E-state index in [-0.39, 0.29) is 18.4 Å². The molecule has 0 unspecified atom stereocenters. The first kappa shape index (κ1) is 22.4. The first-order chi connectivity index (χ1) is 16.0. The first-order valence-corrected chi connectivity index (χ1v) is 10.9. The third-order valence-electron chi connectivity index (χ3n) is 5.04. The number of methoxy groups -OCH3 is 3. The molecule has 0 aliphatic carbocycles. The molecule has 3 aromatic heterocycles. The van der Waals surface area contributed by atoms with Crippen molar-refractivity contribution in [1.29, 1.82) is 0 Å². The Labute approximate surface area is 194 Å². The van der Waals surface area contributed by atoms with Crippen molar-refractivity contribution in [3.05, 3.63) is 58.6 Å². The molecule has 0 saturated carbocycles. The lowest BCUT2D eigenvalue weighted by Gasteiger charge is -2.12. The van der Waals surface area contributed by atoms with Gasteiger partial charge in [0.2, 0.25) is 11.6 Å². The number of esters is 1. The van der Waals surface area contributed by atoms with Gasteiger partial charge in [-0.2, -0.15) is 0 Å². The average molecular weight is 470 g/mol. The molecule has 0 bridgehead atoms. The van der Waals surface area contributed by atoms with Crippen LogP contribution in [0.3, 0.4) is 0 Å². The fourth-order valence-corrected chi connectivity index (χ4v) is 4.46. The fraction of sp³-hybridized carbons (Fsp3) is 0.261. The zero-order chi connectivity index (χ0) is 23.5. The minimum absolute atomic E-state index is 0.158. The number of rotatable bonds is 8. The Balaban J connectivity index is 1.51. The highest BCUT2D eigenvalue weighted by atomic mass is 32.1. The quantitative estimate of drug-likeness (QED) is 0.346. The van der Waals surface area contributed by atoms with Crippen molar-refractivity contribution in [2.24, 2.45) is 0 Å². The number of thiophene rings is 1. The van der Waals surface area contributed by atoms with Crippen LogP contribution in [0.25, 0.3) is 16.5 Å². The summed E-state index contributed by atoms with van der Waals surface area (Å²) in [6, 6.07) is 9.16. The normalized spacial score (nSPS) is 10.8. The van der Waals surface area contributed by atoms with Gasteiger partial charge in [-0.05, 0) is 49.6 Å². The Hall–Kier alpha value is -3.79. The van der Waals surface area contributed by atoms with Crippen LogP contribution in [0, 0.1) is 13.8 Å². The number of ether oxygens (including phenoxy) is 4. The molecule has 3 heterocycles. The van der Waals surface area contributed by atoms with Crippen LogP contribution in [-0.2, 0) is 11.3 Å². The van der Waals surface area contributed by atoms with E-state index in [1.54, 1.807) is 18.2 Å². The standard InChI is InChI=1S/C23H23N3O6S/c1-13-6-7-14(2)26(13)22-16(8-9-33-22)23(27)31-12-19-24-25-21(32-19)15-10-17(28-3)20(30-5)18(11-15)29-4/h6-11H,12H2,1-5H3. The smallest absolute Gasteiger partial charge is 0.341 e. The maximum absolute atomic E-state index is 12.8. The summed E-state index contributed by atoms with van der Waals surface area (Å²) in [5.74, 6) is 1.30. The van der Waals surface area contributed by atoms with Crippen molar-refractivity contribution < 1.29 is 28.2 Å². The molecule has 0 saturated heterocycles. The van der Waals surface area contributed by atoms with Crippen LogP contribution < -0.4 is 14.2 Å². The Morgan fingerprint density at radius 3 is 2.27 bits per heavy atom. The van der Waals surface area contributed by atoms with Crippen molar-refractivity contribution in [2.75, 3.05) is 21.3 Å². The molecule has 9 nitrogen and oxygen atoms in total. The molecule has 10 heteroatoms. The van der Waals surface area contributed by atoms with Crippen LogP contribution in [0.15, 0.2) is 40.1 Å². The highest BCUT2D eigenvalue weighted by Gasteiger charge is 2.20. The van der Waals surface area contributed by atoms with Gasteiger partial charge in [-0.1, -0.05) is 0 Å². The Morgan fingerprint density at radius 2 is 1.67 bits per heavy atom. The highest BCUT2D eigenvalue weighted by molar-refractivity contribution is 7.13. The predicted octanol–water partition coefficient (Wildman–Crippen LogP) is 4.59. The molecular weight excluding hydrogens is 446 g/mol. The second kappa shape index (κ2) is 9.37. The molecular formula is C23H23N3O6S. The van der Waals surface area contributed by atoms with E-state index in [1.807, 2.05) is 35.9 Å². The summed E-state index contributed by atoms with van der Waals surface area (Å²) in [5, 5.41) is 10.7. The van der Waals surface area contributed by atoms with Crippen LogP contribution >= 0.6 is 11.3 Å². The minimum Gasteiger partial charge on any atom is -0.493 e. The summed E-state index contributed by atoms with van der Waals surface area (Å²) in [6.45, 7) is 3.82. The van der Waals surface area contributed by atoms with Crippen LogP contribution in [0.4, 0.5) is 0 Å². The number of aryl methyl sites for hydroxylation is 2. The molecule has 0 amide bonds. The van der Waals surface area contributed by atoms with Crippen LogP contribution in [-0.4, -0.2) is 42.1 Å². The number of nitrogens with zero attached hydrogens (tertiary/aromatic N) is 3. The van der Waals surface area contributed by atoms with E-state index in [0.717, 1.165) is 16.4 Å². The lowest BCUT2D eigenvalue weighted by Crippen LogP contribution is -2.09. The van der Waals surface area contributed by atoms with Gasteiger partial charge in [0.15, 0.2) is 18.1 Å². The van der Waals surface area contributed by atoms with E-state index in [1.165, 1.54) is 32.7 Å². The van der Waals surface area contributed by atoms with Gasteiger partial charge in [0.1, 0.15) is 5.00 Å². The van der Waals surface area contributed by atoms with Crippen LogP contribution in [0.5, 0.6) is 17.2 Å². The van der Waals surface area contributed by atoms with Gasteiger partial charge in [-0.25, -0.2) is 4.79 Å². The van der Waals surface area contributed by atoms with Crippen molar-refractivity contribution in [1.82, 2.24) is 14.8 Å². The minimum atomic E-state index is -0.466. The van der Waals surface area contributed by atoms with E-state index in [2.05, 4.69) is 10.2 Å². The van der Waals surface area contributed by atoms with E-state index in [0.29, 0.717) is 28.4 Å². The summed E-state index contributed by atoms with van der Waals surface area (Å²) in [4.78, 5) is 12.8. The summed E-state index contributed by atoms with van der Waals surface area (Å²) in [6.07, 6.45) is 0. The highest BCUT2D eigenvalue weighted by Crippen LogP contribution is 2.40. The summed E-state index contributed by atoms with van der Waals surface area (Å²) in [7, 11) is 4.57. The van der Waals surface area contributed by atoms with Crippen molar-refractivity contribution in [2.45, 2.75) is 20.5 Å². The monoisotopic (exact) mass is 469 g/mol. The molecule has 0 radical (unpaired) electrons. The Bertz CT molecular complexity index is 1240. The SMILES string of the molecule is COc1cc(-c2nnc(COC(=O)c3ccsc3-n3c(C)ccc3C)o2)cc(OC)c1OC. The predicted molar refractivity (Wildman–Crippen MR) is 122 cm³/mol. The van der Waals surface area contributed by atoms with Crippen LogP contribution in [0.1, 0.15) is 27.6 Å². The topological polar surface area (TPSA) is 97.8 Å². The van der Waals surface area contributed by atoms with Gasteiger partial charge in [0.25, 0.3) is 5.89 Å². The number of hydrogen-bond acceptors (Lipinski definition) is 9. The number of carbonyl (C=O) groups is 1. The largest absolute Gasteiger partial charge is 0.493 e. The third-order valence-corrected chi connectivity index (χ3v) is 5.94. The fourth-order valence-electron chi connectivity index (χ4n) is 3.46. The van der Waals surface area contributed by atoms with E-state index in [4.69, 9.17) is 23.4 Å². The molecule has 0 atom stereocenters. The van der Waals surface area contributed by atoms with E-state index < -0.39 is 5.97 Å². The molecule has 0 fully saturated rings. The second-order valence-electron chi connectivity index (χ2n) is 7.08.